The van der Waals surface area contributed by atoms with Gasteiger partial charge in [-0.1, -0.05) is 30.3 Å². The molecule has 156 valence electrons. The third-order valence-corrected chi connectivity index (χ3v) is 4.69. The van der Waals surface area contributed by atoms with E-state index in [1.54, 1.807) is 26.0 Å². The fourth-order valence-electron chi connectivity index (χ4n) is 3.02. The predicted octanol–water partition coefficient (Wildman–Crippen LogP) is 2.97. The monoisotopic (exact) mass is 395 g/mol. The Bertz CT molecular complexity index is 772. The van der Waals surface area contributed by atoms with Crippen molar-refractivity contribution in [1.29, 1.82) is 0 Å². The van der Waals surface area contributed by atoms with Crippen LogP contribution in [0.4, 0.5) is 5.69 Å². The van der Waals surface area contributed by atoms with Gasteiger partial charge in [0.25, 0.3) is 5.91 Å². The van der Waals surface area contributed by atoms with Crippen LogP contribution in [-0.4, -0.2) is 57.5 Å². The Morgan fingerprint density at radius 1 is 1.00 bits per heavy atom. The van der Waals surface area contributed by atoms with Crippen molar-refractivity contribution in [2.24, 2.45) is 4.99 Å². The maximum atomic E-state index is 12.0. The van der Waals surface area contributed by atoms with Gasteiger partial charge >= 0.3 is 0 Å². The summed E-state index contributed by atoms with van der Waals surface area (Å²) in [5, 5.41) is 6.69. The molecule has 6 nitrogen and oxygen atoms in total. The van der Waals surface area contributed by atoms with Crippen LogP contribution in [0.2, 0.25) is 0 Å². The molecule has 0 spiro atoms. The summed E-state index contributed by atoms with van der Waals surface area (Å²) in [5.41, 5.74) is 3.05. The van der Waals surface area contributed by atoms with Gasteiger partial charge < -0.3 is 20.4 Å². The Balaban J connectivity index is 1.74. The number of rotatable bonds is 9. The third-order valence-electron chi connectivity index (χ3n) is 4.69. The van der Waals surface area contributed by atoms with E-state index in [-0.39, 0.29) is 5.91 Å². The Kier molecular flexibility index (Phi) is 9.02. The molecule has 0 radical (unpaired) electrons. The standard InChI is InChI=1S/C23H33N5O/c1-5-28(21-10-7-6-8-11-21)17-9-16-25-23(24-2)26-18-19-12-14-20(15-13-19)22(29)27(3)4/h6-8,10-15H,5,9,16-18H2,1-4H3,(H2,24,25,26). The van der Waals surface area contributed by atoms with Crippen LogP contribution in [0, 0.1) is 0 Å². The molecule has 0 aliphatic heterocycles. The van der Waals surface area contributed by atoms with Crippen LogP contribution in [0.15, 0.2) is 59.6 Å². The molecule has 0 heterocycles. The second-order valence-corrected chi connectivity index (χ2v) is 7.02. The average Bonchev–Trinajstić information content (AvgIpc) is 2.76. The highest BCUT2D eigenvalue weighted by Gasteiger charge is 2.07. The number of anilines is 1. The number of nitrogens with zero attached hydrogens (tertiary/aromatic N) is 3. The minimum absolute atomic E-state index is 0.0126. The Morgan fingerprint density at radius 3 is 2.28 bits per heavy atom. The van der Waals surface area contributed by atoms with Crippen LogP contribution >= 0.6 is 0 Å². The lowest BCUT2D eigenvalue weighted by molar-refractivity contribution is 0.0827. The summed E-state index contributed by atoms with van der Waals surface area (Å²) >= 11 is 0. The number of amides is 1. The van der Waals surface area contributed by atoms with E-state index in [1.807, 2.05) is 30.3 Å². The largest absolute Gasteiger partial charge is 0.372 e. The molecule has 0 saturated heterocycles. The third kappa shape index (κ3) is 7.14. The number of carbonyl (C=O) groups excluding carboxylic acids is 1. The molecular weight excluding hydrogens is 362 g/mol. The first-order chi connectivity index (χ1) is 14.0. The fraction of sp³-hybridized carbons (Fsp3) is 0.391. The number of guanidine groups is 1. The van der Waals surface area contributed by atoms with E-state index in [0.717, 1.165) is 37.6 Å². The highest BCUT2D eigenvalue weighted by Crippen LogP contribution is 2.12. The van der Waals surface area contributed by atoms with Gasteiger partial charge in [-0.2, -0.15) is 0 Å². The van der Waals surface area contributed by atoms with Gasteiger partial charge in [-0.15, -0.1) is 0 Å². The number of benzene rings is 2. The normalized spacial score (nSPS) is 11.1. The van der Waals surface area contributed by atoms with E-state index in [2.05, 4.69) is 51.7 Å². The average molecular weight is 396 g/mol. The zero-order valence-corrected chi connectivity index (χ0v) is 18.0. The lowest BCUT2D eigenvalue weighted by Gasteiger charge is -2.23. The van der Waals surface area contributed by atoms with Crippen LogP contribution in [-0.2, 0) is 6.54 Å². The summed E-state index contributed by atoms with van der Waals surface area (Å²) in [6, 6.07) is 18.1. The molecule has 0 atom stereocenters. The molecule has 2 rings (SSSR count). The van der Waals surface area contributed by atoms with Crippen molar-refractivity contribution in [2.45, 2.75) is 19.9 Å². The summed E-state index contributed by atoms with van der Waals surface area (Å²) in [6.07, 6.45) is 1.02. The molecule has 0 aromatic heterocycles. The first-order valence-electron chi connectivity index (χ1n) is 10.1. The number of carbonyl (C=O) groups is 1. The molecule has 6 heteroatoms. The molecular formula is C23H33N5O. The van der Waals surface area contributed by atoms with Gasteiger partial charge in [0.15, 0.2) is 5.96 Å². The zero-order valence-electron chi connectivity index (χ0n) is 18.0. The molecule has 2 N–H and O–H groups in total. The van der Waals surface area contributed by atoms with Gasteiger partial charge in [0.05, 0.1) is 0 Å². The molecule has 1 amide bonds. The van der Waals surface area contributed by atoms with Crippen LogP contribution in [0.3, 0.4) is 0 Å². The Morgan fingerprint density at radius 2 is 1.69 bits per heavy atom. The van der Waals surface area contributed by atoms with Crippen molar-refractivity contribution < 1.29 is 4.79 Å². The second-order valence-electron chi connectivity index (χ2n) is 7.02. The zero-order chi connectivity index (χ0) is 21.1. The number of aliphatic imine (C=N–C) groups is 1. The second kappa shape index (κ2) is 11.7. The van der Waals surface area contributed by atoms with Crippen LogP contribution in [0.25, 0.3) is 0 Å². The van der Waals surface area contributed by atoms with Crippen LogP contribution in [0.5, 0.6) is 0 Å². The van der Waals surface area contributed by atoms with Gasteiger partial charge in [0.2, 0.25) is 0 Å². The maximum Gasteiger partial charge on any atom is 0.253 e. The first-order valence-corrected chi connectivity index (χ1v) is 10.1. The highest BCUT2D eigenvalue weighted by atomic mass is 16.2. The molecule has 0 aliphatic rings. The van der Waals surface area contributed by atoms with Crippen molar-refractivity contribution in [3.8, 4) is 0 Å². The van der Waals surface area contributed by atoms with Gasteiger partial charge in [0.1, 0.15) is 0 Å². The molecule has 2 aromatic rings. The molecule has 0 fully saturated rings. The highest BCUT2D eigenvalue weighted by molar-refractivity contribution is 5.93. The van der Waals surface area contributed by atoms with E-state index in [1.165, 1.54) is 5.69 Å². The van der Waals surface area contributed by atoms with E-state index in [9.17, 15) is 4.79 Å². The van der Waals surface area contributed by atoms with Gasteiger partial charge in [-0.05, 0) is 43.2 Å². The van der Waals surface area contributed by atoms with Crippen LogP contribution < -0.4 is 15.5 Å². The van der Waals surface area contributed by atoms with E-state index < -0.39 is 0 Å². The minimum Gasteiger partial charge on any atom is -0.372 e. The molecule has 0 aliphatic carbocycles. The molecule has 2 aromatic carbocycles. The number of nitrogens with one attached hydrogen (secondary N) is 2. The van der Waals surface area contributed by atoms with E-state index in [0.29, 0.717) is 12.1 Å². The Labute approximate surface area is 174 Å². The van der Waals surface area contributed by atoms with Crippen molar-refractivity contribution in [3.05, 3.63) is 65.7 Å². The van der Waals surface area contributed by atoms with Crippen molar-refractivity contribution in [2.75, 3.05) is 45.7 Å². The number of hydrogen-bond donors (Lipinski definition) is 2. The summed E-state index contributed by atoms with van der Waals surface area (Å²) in [6.45, 7) is 5.66. The van der Waals surface area contributed by atoms with Crippen molar-refractivity contribution in [1.82, 2.24) is 15.5 Å². The summed E-state index contributed by atoms with van der Waals surface area (Å²) < 4.78 is 0. The maximum absolute atomic E-state index is 12.0. The lowest BCUT2D eigenvalue weighted by Crippen LogP contribution is -2.38. The Hall–Kier alpha value is -3.02. The first kappa shape index (κ1) is 22.3. The van der Waals surface area contributed by atoms with Gasteiger partial charge in [-0.25, -0.2) is 0 Å². The molecule has 0 bridgehead atoms. The van der Waals surface area contributed by atoms with E-state index in [4.69, 9.17) is 0 Å². The summed E-state index contributed by atoms with van der Waals surface area (Å²) in [5.74, 6) is 0.791. The van der Waals surface area contributed by atoms with Crippen LogP contribution in [0.1, 0.15) is 29.3 Å². The summed E-state index contributed by atoms with van der Waals surface area (Å²) in [7, 11) is 5.29. The summed E-state index contributed by atoms with van der Waals surface area (Å²) in [4.78, 5) is 20.2. The smallest absolute Gasteiger partial charge is 0.253 e. The molecule has 0 saturated carbocycles. The van der Waals surface area contributed by atoms with Gasteiger partial charge in [-0.3, -0.25) is 9.79 Å². The number of hydrogen-bond acceptors (Lipinski definition) is 3. The topological polar surface area (TPSA) is 60.0 Å². The molecule has 29 heavy (non-hydrogen) atoms. The lowest BCUT2D eigenvalue weighted by atomic mass is 10.1. The minimum atomic E-state index is 0.0126. The van der Waals surface area contributed by atoms with Crippen molar-refractivity contribution >= 4 is 17.6 Å². The fourth-order valence-corrected chi connectivity index (χ4v) is 3.02. The number of para-hydroxylation sites is 1. The predicted molar refractivity (Wildman–Crippen MR) is 122 cm³/mol. The van der Waals surface area contributed by atoms with Crippen molar-refractivity contribution in [3.63, 3.8) is 0 Å². The quantitative estimate of drug-likeness (QED) is 0.389. The van der Waals surface area contributed by atoms with E-state index >= 15 is 0 Å². The van der Waals surface area contributed by atoms with Gasteiger partial charge in [0, 0.05) is 58.6 Å². The SMILES string of the molecule is CCN(CCCNC(=NC)NCc1ccc(C(=O)N(C)C)cc1)c1ccccc1. The molecule has 0 unspecified atom stereocenters.